The molecule has 0 amide bonds. The summed E-state index contributed by atoms with van der Waals surface area (Å²) in [5.74, 6) is 0.603. The summed E-state index contributed by atoms with van der Waals surface area (Å²) in [7, 11) is 0. The molecule has 106 valence electrons. The van der Waals surface area contributed by atoms with Gasteiger partial charge < -0.3 is 25.7 Å². The second-order valence-corrected chi connectivity index (χ2v) is 3.43. The summed E-state index contributed by atoms with van der Waals surface area (Å²) >= 11 is 0. The minimum atomic E-state index is -2.94. The maximum Gasteiger partial charge on any atom is 0.387 e. The van der Waals surface area contributed by atoms with Crippen LogP contribution in [0.15, 0.2) is 17.1 Å². The molecule has 1 aliphatic heterocycles. The quantitative estimate of drug-likeness (QED) is 0.463. The molecule has 19 heavy (non-hydrogen) atoms. The number of aliphatic imine (C=N–C) groups is 1. The lowest BCUT2D eigenvalue weighted by Gasteiger charge is -2.10. The van der Waals surface area contributed by atoms with E-state index in [0.717, 1.165) is 0 Å². The molecule has 0 fully saturated rings. The molecule has 1 aromatic rings. The average molecular weight is 387 g/mol. The van der Waals surface area contributed by atoms with Gasteiger partial charge in [0.25, 0.3) is 0 Å². The molecule has 0 aliphatic carbocycles. The van der Waals surface area contributed by atoms with Crippen LogP contribution >= 0.6 is 24.0 Å². The van der Waals surface area contributed by atoms with Crippen LogP contribution < -0.4 is 25.7 Å². The van der Waals surface area contributed by atoms with Crippen LogP contribution in [0.2, 0.25) is 0 Å². The van der Waals surface area contributed by atoms with Crippen molar-refractivity contribution < 1.29 is 23.0 Å². The van der Waals surface area contributed by atoms with Gasteiger partial charge in [0.05, 0.1) is 6.54 Å². The maximum atomic E-state index is 12.3. The van der Waals surface area contributed by atoms with Crippen LogP contribution in [0.25, 0.3) is 0 Å². The van der Waals surface area contributed by atoms with Gasteiger partial charge in [-0.15, -0.1) is 24.0 Å². The highest BCUT2D eigenvalue weighted by Crippen LogP contribution is 2.38. The summed E-state index contributed by atoms with van der Waals surface area (Å²) < 4.78 is 39.1. The van der Waals surface area contributed by atoms with Gasteiger partial charge in [-0.3, -0.25) is 0 Å². The molecule has 1 aromatic carbocycles. The number of benzene rings is 1. The number of ether oxygens (including phenoxy) is 3. The van der Waals surface area contributed by atoms with Crippen molar-refractivity contribution in [3.8, 4) is 17.2 Å². The largest absolute Gasteiger partial charge is 0.454 e. The molecular formula is C10H12F2IN3O3. The molecule has 0 radical (unpaired) electrons. The van der Waals surface area contributed by atoms with Crippen molar-refractivity contribution in [3.63, 3.8) is 0 Å². The Morgan fingerprint density at radius 2 is 1.95 bits per heavy atom. The summed E-state index contributed by atoms with van der Waals surface area (Å²) in [6.45, 7) is -2.89. The molecule has 4 N–H and O–H groups in total. The van der Waals surface area contributed by atoms with Crippen LogP contribution in [0.1, 0.15) is 5.56 Å². The Labute approximate surface area is 124 Å². The van der Waals surface area contributed by atoms with Gasteiger partial charge in [0.2, 0.25) is 6.79 Å². The summed E-state index contributed by atoms with van der Waals surface area (Å²) in [4.78, 5) is 3.74. The monoisotopic (exact) mass is 387 g/mol. The Hall–Kier alpha value is -1.52. The van der Waals surface area contributed by atoms with Crippen LogP contribution in [0.4, 0.5) is 8.78 Å². The third-order valence-corrected chi connectivity index (χ3v) is 2.20. The maximum absolute atomic E-state index is 12.3. The van der Waals surface area contributed by atoms with Crippen molar-refractivity contribution in [1.29, 1.82) is 0 Å². The molecule has 1 heterocycles. The molecule has 0 unspecified atom stereocenters. The first-order valence-electron chi connectivity index (χ1n) is 4.99. The molecule has 0 atom stereocenters. The molecule has 0 spiro atoms. The van der Waals surface area contributed by atoms with E-state index in [2.05, 4.69) is 9.73 Å². The Balaban J connectivity index is 0.00000180. The lowest BCUT2D eigenvalue weighted by Crippen LogP contribution is -2.22. The van der Waals surface area contributed by atoms with E-state index >= 15 is 0 Å². The zero-order valence-corrected chi connectivity index (χ0v) is 12.0. The first kappa shape index (κ1) is 15.5. The van der Waals surface area contributed by atoms with Crippen LogP contribution in [0.3, 0.4) is 0 Å². The third-order valence-electron chi connectivity index (χ3n) is 2.20. The fraction of sp³-hybridized carbons (Fsp3) is 0.300. The zero-order chi connectivity index (χ0) is 13.1. The van der Waals surface area contributed by atoms with E-state index < -0.39 is 6.61 Å². The van der Waals surface area contributed by atoms with Gasteiger partial charge in [-0.05, 0) is 6.07 Å². The number of halogens is 3. The number of hydrogen-bond acceptors (Lipinski definition) is 4. The van der Waals surface area contributed by atoms with Crippen molar-refractivity contribution in [1.82, 2.24) is 0 Å². The van der Waals surface area contributed by atoms with Gasteiger partial charge in [-0.25, -0.2) is 4.99 Å². The number of fused-ring (bicyclic) bond motifs is 1. The topological polar surface area (TPSA) is 92.1 Å². The van der Waals surface area contributed by atoms with Gasteiger partial charge in [0.1, 0.15) is 5.75 Å². The second-order valence-electron chi connectivity index (χ2n) is 3.43. The highest BCUT2D eigenvalue weighted by molar-refractivity contribution is 14.0. The number of hydrogen-bond donors (Lipinski definition) is 2. The molecule has 9 heteroatoms. The van der Waals surface area contributed by atoms with Crippen molar-refractivity contribution in [2.75, 3.05) is 6.79 Å². The smallest absolute Gasteiger partial charge is 0.387 e. The summed E-state index contributed by atoms with van der Waals surface area (Å²) in [5, 5.41) is 0. The number of alkyl halides is 2. The Bertz CT molecular complexity index is 481. The fourth-order valence-corrected chi connectivity index (χ4v) is 1.47. The molecule has 2 rings (SSSR count). The number of nitrogens with two attached hydrogens (primary N) is 2. The van der Waals surface area contributed by atoms with E-state index in [9.17, 15) is 8.78 Å². The van der Waals surface area contributed by atoms with Gasteiger partial charge in [0.15, 0.2) is 17.5 Å². The van der Waals surface area contributed by atoms with E-state index in [0.29, 0.717) is 17.1 Å². The molecular weight excluding hydrogens is 375 g/mol. The summed E-state index contributed by atoms with van der Waals surface area (Å²) in [6, 6.07) is 2.83. The number of nitrogens with zero attached hydrogens (tertiary/aromatic N) is 1. The minimum Gasteiger partial charge on any atom is -0.454 e. The van der Waals surface area contributed by atoms with Crippen molar-refractivity contribution in [2.24, 2.45) is 16.5 Å². The molecule has 6 nitrogen and oxygen atoms in total. The average Bonchev–Trinajstić information content (AvgIpc) is 2.71. The normalized spacial score (nSPS) is 11.9. The molecule has 0 saturated carbocycles. The zero-order valence-electron chi connectivity index (χ0n) is 9.64. The summed E-state index contributed by atoms with van der Waals surface area (Å²) in [5.41, 5.74) is 10.8. The van der Waals surface area contributed by atoms with Gasteiger partial charge >= 0.3 is 6.61 Å². The Morgan fingerprint density at radius 1 is 1.32 bits per heavy atom. The Morgan fingerprint density at radius 3 is 2.53 bits per heavy atom. The van der Waals surface area contributed by atoms with Crippen LogP contribution in [-0.4, -0.2) is 19.4 Å². The lowest BCUT2D eigenvalue weighted by molar-refractivity contribution is -0.0504. The molecule has 1 aliphatic rings. The van der Waals surface area contributed by atoms with E-state index in [1.165, 1.54) is 12.1 Å². The van der Waals surface area contributed by atoms with Gasteiger partial charge in [-0.1, -0.05) is 0 Å². The highest BCUT2D eigenvalue weighted by Gasteiger charge is 2.19. The van der Waals surface area contributed by atoms with Gasteiger partial charge in [-0.2, -0.15) is 8.78 Å². The number of rotatable bonds is 4. The summed E-state index contributed by atoms with van der Waals surface area (Å²) in [6.07, 6.45) is 0. The first-order valence-corrected chi connectivity index (χ1v) is 4.99. The highest BCUT2D eigenvalue weighted by atomic mass is 127. The molecule has 0 aromatic heterocycles. The number of guanidine groups is 1. The van der Waals surface area contributed by atoms with Crippen molar-refractivity contribution >= 4 is 29.9 Å². The van der Waals surface area contributed by atoms with E-state index in [1.807, 2.05) is 0 Å². The first-order chi connectivity index (χ1) is 8.56. The molecule has 0 saturated heterocycles. The van der Waals surface area contributed by atoms with Crippen LogP contribution in [0, 0.1) is 0 Å². The van der Waals surface area contributed by atoms with Gasteiger partial charge in [0, 0.05) is 11.6 Å². The SMILES string of the molecule is I.NC(N)=NCc1cc2c(cc1OC(F)F)OCO2. The third kappa shape index (κ3) is 3.98. The minimum absolute atomic E-state index is 0. The van der Waals surface area contributed by atoms with E-state index in [-0.39, 0.29) is 49.0 Å². The van der Waals surface area contributed by atoms with E-state index in [1.54, 1.807) is 0 Å². The predicted molar refractivity (Wildman–Crippen MR) is 74.1 cm³/mol. The standard InChI is InChI=1S/C10H11F2N3O3.HI/c11-9(12)18-6-2-8-7(16-4-17-8)1-5(6)3-15-10(13)14;/h1-2,9H,3-4H2,(H4,13,14,15);1H. The fourth-order valence-electron chi connectivity index (χ4n) is 1.47. The second kappa shape index (κ2) is 6.59. The Kier molecular flexibility index (Phi) is 5.39. The molecule has 0 bridgehead atoms. The lowest BCUT2D eigenvalue weighted by atomic mass is 10.2. The predicted octanol–water partition coefficient (Wildman–Crippen LogP) is 1.41. The van der Waals surface area contributed by atoms with Crippen LogP contribution in [0.5, 0.6) is 17.2 Å². The van der Waals surface area contributed by atoms with E-state index in [4.69, 9.17) is 20.9 Å². The van der Waals surface area contributed by atoms with Crippen molar-refractivity contribution in [3.05, 3.63) is 17.7 Å². The van der Waals surface area contributed by atoms with Crippen molar-refractivity contribution in [2.45, 2.75) is 13.2 Å². The van der Waals surface area contributed by atoms with Crippen LogP contribution in [-0.2, 0) is 6.54 Å².